The van der Waals surface area contributed by atoms with Crippen molar-refractivity contribution in [3.63, 3.8) is 0 Å². The molecule has 3 nitrogen and oxygen atoms in total. The first kappa shape index (κ1) is 10.2. The van der Waals surface area contributed by atoms with Gasteiger partial charge < -0.3 is 0 Å². The summed E-state index contributed by atoms with van der Waals surface area (Å²) in [5.74, 6) is 2.20. The smallest absolute Gasteiger partial charge is 0.299 e. The molecule has 4 aliphatic rings. The van der Waals surface area contributed by atoms with Gasteiger partial charge in [-0.3, -0.25) is 9.42 Å². The van der Waals surface area contributed by atoms with Crippen LogP contribution in [0.4, 0.5) is 4.20 Å². The highest BCUT2D eigenvalue weighted by molar-refractivity contribution is 7.46. The molecule has 0 aromatic carbocycles. The fourth-order valence-electron chi connectivity index (χ4n) is 4.20. The third kappa shape index (κ3) is 1.88. The third-order valence-corrected chi connectivity index (χ3v) is 4.90. The van der Waals surface area contributed by atoms with Crippen molar-refractivity contribution in [1.82, 2.24) is 0 Å². The molecule has 4 saturated carbocycles. The van der Waals surface area contributed by atoms with E-state index in [1.807, 2.05) is 0 Å². The van der Waals surface area contributed by atoms with Crippen LogP contribution in [0.2, 0.25) is 0 Å². The second kappa shape index (κ2) is 3.28. The minimum Gasteiger partial charge on any atom is -0.299 e. The van der Waals surface area contributed by atoms with Gasteiger partial charge in [0.15, 0.2) is 0 Å². The van der Waals surface area contributed by atoms with Gasteiger partial charge >= 0.3 is 7.91 Å². The van der Waals surface area contributed by atoms with Crippen molar-refractivity contribution in [3.05, 3.63) is 0 Å². The summed E-state index contributed by atoms with van der Waals surface area (Å²) >= 11 is 0. The minimum atomic E-state index is -4.79. The van der Waals surface area contributed by atoms with Crippen molar-refractivity contribution >= 4 is 7.91 Å². The van der Waals surface area contributed by atoms with Crippen molar-refractivity contribution in [2.45, 2.75) is 38.2 Å². The molecule has 4 bridgehead atoms. The van der Waals surface area contributed by atoms with Gasteiger partial charge in [0.25, 0.3) is 0 Å². The molecule has 0 radical (unpaired) electrons. The summed E-state index contributed by atoms with van der Waals surface area (Å²) < 4.78 is 28.1. The lowest BCUT2D eigenvalue weighted by atomic mass is 9.55. The van der Waals surface area contributed by atoms with Gasteiger partial charge in [-0.2, -0.15) is 0 Å². The molecule has 0 aromatic rings. The molecular weight excluding hydrogens is 218 g/mol. The van der Waals surface area contributed by atoms with Crippen LogP contribution in [0.25, 0.3) is 0 Å². The van der Waals surface area contributed by atoms with Gasteiger partial charge in [0.2, 0.25) is 0 Å². The van der Waals surface area contributed by atoms with Crippen molar-refractivity contribution in [3.8, 4) is 0 Å². The van der Waals surface area contributed by atoms with Crippen molar-refractivity contribution < 1.29 is 18.2 Å². The summed E-state index contributed by atoms with van der Waals surface area (Å²) in [6.07, 6.45) is 5.29. The highest BCUT2D eigenvalue weighted by Gasteiger charge is 2.50. The lowest BCUT2D eigenvalue weighted by Crippen LogP contribution is -2.48. The summed E-state index contributed by atoms with van der Waals surface area (Å²) in [6, 6.07) is 0. The van der Waals surface area contributed by atoms with Crippen LogP contribution in [-0.2, 0) is 9.09 Å². The molecule has 0 spiro atoms. The van der Waals surface area contributed by atoms with E-state index >= 15 is 0 Å². The average Bonchev–Trinajstić information content (AvgIpc) is 2.08. The molecule has 1 unspecified atom stereocenters. The normalized spacial score (nSPS) is 51.7. The first-order chi connectivity index (χ1) is 7.01. The van der Waals surface area contributed by atoms with Gasteiger partial charge in [0, 0.05) is 0 Å². The van der Waals surface area contributed by atoms with Crippen LogP contribution >= 0.6 is 7.91 Å². The summed E-state index contributed by atoms with van der Waals surface area (Å²) in [7, 11) is -4.79. The Labute approximate surface area is 88.7 Å². The van der Waals surface area contributed by atoms with E-state index in [1.165, 1.54) is 6.42 Å². The second-order valence-electron chi connectivity index (χ2n) is 5.45. The van der Waals surface area contributed by atoms with Crippen LogP contribution in [0.5, 0.6) is 0 Å². The lowest BCUT2D eigenvalue weighted by Gasteiger charge is -2.53. The molecule has 0 amide bonds. The van der Waals surface area contributed by atoms with Crippen molar-refractivity contribution in [2.75, 3.05) is 0 Å². The lowest BCUT2D eigenvalue weighted by molar-refractivity contribution is -0.0854. The predicted molar refractivity (Wildman–Crippen MR) is 52.9 cm³/mol. The summed E-state index contributed by atoms with van der Waals surface area (Å²) in [5, 5.41) is 0. The zero-order chi connectivity index (χ0) is 10.6. The van der Waals surface area contributed by atoms with Gasteiger partial charge in [-0.05, 0) is 55.8 Å². The monoisotopic (exact) mass is 234 g/mol. The van der Waals surface area contributed by atoms with E-state index in [1.54, 1.807) is 0 Å². The van der Waals surface area contributed by atoms with Crippen molar-refractivity contribution in [2.24, 2.45) is 23.7 Å². The Bertz CT molecular complexity index is 286. The molecule has 0 aliphatic heterocycles. The Hall–Kier alpha value is 0.0800. The molecule has 5 heteroatoms. The van der Waals surface area contributed by atoms with E-state index in [-0.39, 0.29) is 6.10 Å². The first-order valence-corrected chi connectivity index (χ1v) is 7.19. The van der Waals surface area contributed by atoms with Crippen LogP contribution in [0.1, 0.15) is 32.1 Å². The van der Waals surface area contributed by atoms with Crippen molar-refractivity contribution in [1.29, 1.82) is 0 Å². The molecule has 86 valence electrons. The van der Waals surface area contributed by atoms with Crippen LogP contribution in [0.3, 0.4) is 0 Å². The molecule has 4 fully saturated rings. The van der Waals surface area contributed by atoms with E-state index in [2.05, 4.69) is 0 Å². The highest BCUT2D eigenvalue weighted by atomic mass is 31.2. The minimum absolute atomic E-state index is 0.293. The van der Waals surface area contributed by atoms with Crippen LogP contribution in [0.15, 0.2) is 0 Å². The Kier molecular flexibility index (Phi) is 2.24. The fraction of sp³-hybridized carbons (Fsp3) is 1.00. The number of hydrogen-bond donors (Lipinski definition) is 1. The highest BCUT2D eigenvalue weighted by Crippen LogP contribution is 2.58. The summed E-state index contributed by atoms with van der Waals surface area (Å²) in [4.78, 5) is 8.67. The van der Waals surface area contributed by atoms with E-state index in [0.29, 0.717) is 11.8 Å². The fourth-order valence-corrected chi connectivity index (χ4v) is 4.84. The van der Waals surface area contributed by atoms with Crippen LogP contribution in [-0.4, -0.2) is 11.0 Å². The third-order valence-electron chi connectivity index (χ3n) is 4.39. The summed E-state index contributed by atoms with van der Waals surface area (Å²) in [5.41, 5.74) is 0. The standard InChI is InChI=1S/C10H16FO3P/c11-15(12,13)14-10-8-2-6-1-7(4-8)5-9(10)3-6/h6-10H,1-5H2,(H,12,13). The molecule has 0 heterocycles. The quantitative estimate of drug-likeness (QED) is 0.747. The largest absolute Gasteiger partial charge is 0.510 e. The second-order valence-corrected chi connectivity index (χ2v) is 6.57. The molecule has 4 rings (SSSR count). The Morgan fingerprint density at radius 1 is 1.07 bits per heavy atom. The molecule has 1 N–H and O–H groups in total. The maximum Gasteiger partial charge on any atom is 0.510 e. The molecular formula is C10H16FO3P. The topological polar surface area (TPSA) is 46.5 Å². The van der Waals surface area contributed by atoms with E-state index in [0.717, 1.165) is 37.5 Å². The zero-order valence-corrected chi connectivity index (χ0v) is 9.41. The number of hydrogen-bond acceptors (Lipinski definition) is 2. The maximum atomic E-state index is 12.7. The summed E-state index contributed by atoms with van der Waals surface area (Å²) in [6.45, 7) is 0. The number of rotatable bonds is 2. The zero-order valence-electron chi connectivity index (χ0n) is 8.51. The molecule has 4 aliphatic carbocycles. The van der Waals surface area contributed by atoms with Crippen LogP contribution in [0, 0.1) is 23.7 Å². The Morgan fingerprint density at radius 2 is 1.53 bits per heavy atom. The predicted octanol–water partition coefficient (Wildman–Crippen LogP) is 2.90. The molecule has 15 heavy (non-hydrogen) atoms. The SMILES string of the molecule is O=P(O)(F)OC1C2CC3CC(C2)CC1C3. The van der Waals surface area contributed by atoms with Gasteiger partial charge in [-0.15, -0.1) is 4.20 Å². The van der Waals surface area contributed by atoms with E-state index in [4.69, 9.17) is 9.42 Å². The van der Waals surface area contributed by atoms with Crippen LogP contribution < -0.4 is 0 Å². The Balaban J connectivity index is 1.77. The van der Waals surface area contributed by atoms with E-state index < -0.39 is 7.91 Å². The number of halogens is 1. The molecule has 0 aromatic heterocycles. The Morgan fingerprint density at radius 3 is 1.93 bits per heavy atom. The van der Waals surface area contributed by atoms with Gasteiger partial charge in [-0.25, -0.2) is 4.57 Å². The maximum absolute atomic E-state index is 12.7. The van der Waals surface area contributed by atoms with Gasteiger partial charge in [0.05, 0.1) is 6.10 Å². The first-order valence-electron chi connectivity index (χ1n) is 5.72. The van der Waals surface area contributed by atoms with E-state index in [9.17, 15) is 8.76 Å². The van der Waals surface area contributed by atoms with Gasteiger partial charge in [0.1, 0.15) is 0 Å². The average molecular weight is 234 g/mol. The van der Waals surface area contributed by atoms with Gasteiger partial charge in [-0.1, -0.05) is 0 Å². The molecule has 1 atom stereocenters. The molecule has 0 saturated heterocycles.